The number of amides is 2. The van der Waals surface area contributed by atoms with Crippen LogP contribution in [0.2, 0.25) is 5.02 Å². The number of hydrogen-bond acceptors (Lipinski definition) is 4. The largest absolute Gasteiger partial charge is 0.353 e. The first-order valence-electron chi connectivity index (χ1n) is 10.4. The van der Waals surface area contributed by atoms with Gasteiger partial charge in [0.1, 0.15) is 17.3 Å². The summed E-state index contributed by atoms with van der Waals surface area (Å²) >= 11 is 6.25. The van der Waals surface area contributed by atoms with Crippen molar-refractivity contribution in [1.82, 2.24) is 20.1 Å². The highest BCUT2D eigenvalue weighted by molar-refractivity contribution is 6.34. The molecular formula is C24H21ClFN5O2. The zero-order valence-electron chi connectivity index (χ0n) is 18.0. The molecule has 0 saturated heterocycles. The molecule has 1 saturated carbocycles. The minimum atomic E-state index is -0.416. The topological polar surface area (TPSA) is 88.9 Å². The van der Waals surface area contributed by atoms with Crippen LogP contribution in [0.15, 0.2) is 42.7 Å². The standard InChI is InChI=1S/C24H21ClFN5O2/c1-14-9-17(4-3-16-5-7-18(26)8-6-16)12-27-23(14)30-24(33)22-21(25)13-28-31(22)20-10-19(11-20)29-15(2)32/h5-9,12-13,19-20H,10-11H2,1-2H3,(H,29,32)(H,27,30,33). The van der Waals surface area contributed by atoms with Crippen molar-refractivity contribution in [3.05, 3.63) is 75.9 Å². The summed E-state index contributed by atoms with van der Waals surface area (Å²) < 4.78 is 14.6. The number of hydrogen-bond donors (Lipinski definition) is 2. The molecule has 4 rings (SSSR count). The Hall–Kier alpha value is -3.70. The summed E-state index contributed by atoms with van der Waals surface area (Å²) in [6, 6.07) is 7.76. The van der Waals surface area contributed by atoms with E-state index in [0.717, 1.165) is 5.56 Å². The minimum absolute atomic E-state index is 0.0201. The van der Waals surface area contributed by atoms with Crippen LogP contribution in [-0.4, -0.2) is 32.6 Å². The van der Waals surface area contributed by atoms with Crippen molar-refractivity contribution in [2.75, 3.05) is 5.32 Å². The predicted molar refractivity (Wildman–Crippen MR) is 122 cm³/mol. The van der Waals surface area contributed by atoms with E-state index < -0.39 is 5.91 Å². The summed E-state index contributed by atoms with van der Waals surface area (Å²) in [4.78, 5) is 28.5. The van der Waals surface area contributed by atoms with Gasteiger partial charge in [-0.15, -0.1) is 0 Å². The van der Waals surface area contributed by atoms with E-state index in [0.29, 0.717) is 29.8 Å². The Labute approximate surface area is 195 Å². The second kappa shape index (κ2) is 9.43. The van der Waals surface area contributed by atoms with Crippen molar-refractivity contribution < 1.29 is 14.0 Å². The number of aryl methyl sites for hydroxylation is 1. The highest BCUT2D eigenvalue weighted by Crippen LogP contribution is 2.34. The fourth-order valence-corrected chi connectivity index (χ4v) is 3.86. The third-order valence-electron chi connectivity index (χ3n) is 5.34. The van der Waals surface area contributed by atoms with Crippen LogP contribution < -0.4 is 10.6 Å². The summed E-state index contributed by atoms with van der Waals surface area (Å²) in [5, 5.41) is 10.2. The number of rotatable bonds is 4. The molecule has 0 unspecified atom stereocenters. The first-order valence-corrected chi connectivity index (χ1v) is 10.7. The predicted octanol–water partition coefficient (Wildman–Crippen LogP) is 3.87. The van der Waals surface area contributed by atoms with Crippen LogP contribution in [0.5, 0.6) is 0 Å². The van der Waals surface area contributed by atoms with E-state index in [9.17, 15) is 14.0 Å². The number of halogens is 2. The summed E-state index contributed by atoms with van der Waals surface area (Å²) in [7, 11) is 0. The van der Waals surface area contributed by atoms with E-state index in [-0.39, 0.29) is 34.5 Å². The molecule has 9 heteroatoms. The van der Waals surface area contributed by atoms with Gasteiger partial charge in [0, 0.05) is 30.3 Å². The molecule has 1 aromatic carbocycles. The molecule has 0 spiro atoms. The second-order valence-corrected chi connectivity index (χ2v) is 8.32. The molecule has 7 nitrogen and oxygen atoms in total. The SMILES string of the molecule is CC(=O)NC1CC(n2ncc(Cl)c2C(=O)Nc2ncc(C#Cc3ccc(F)cc3)cc2C)C1. The minimum Gasteiger partial charge on any atom is -0.353 e. The van der Waals surface area contributed by atoms with Gasteiger partial charge in [0.25, 0.3) is 5.91 Å². The number of carbonyl (C=O) groups is 2. The monoisotopic (exact) mass is 465 g/mol. The number of benzene rings is 1. The van der Waals surface area contributed by atoms with E-state index in [1.54, 1.807) is 23.0 Å². The smallest absolute Gasteiger partial charge is 0.276 e. The van der Waals surface area contributed by atoms with Crippen molar-refractivity contribution in [3.8, 4) is 11.8 Å². The zero-order valence-corrected chi connectivity index (χ0v) is 18.8. The van der Waals surface area contributed by atoms with Gasteiger partial charge >= 0.3 is 0 Å². The number of nitrogens with one attached hydrogen (secondary N) is 2. The van der Waals surface area contributed by atoms with E-state index in [2.05, 4.69) is 32.6 Å². The maximum absolute atomic E-state index is 13.0. The van der Waals surface area contributed by atoms with E-state index in [4.69, 9.17) is 11.6 Å². The maximum Gasteiger partial charge on any atom is 0.276 e. The van der Waals surface area contributed by atoms with Crippen LogP contribution in [0.25, 0.3) is 0 Å². The third-order valence-corrected chi connectivity index (χ3v) is 5.61. The van der Waals surface area contributed by atoms with Crippen LogP contribution >= 0.6 is 11.6 Å². The highest BCUT2D eigenvalue weighted by Gasteiger charge is 2.34. The van der Waals surface area contributed by atoms with Crippen molar-refractivity contribution in [2.24, 2.45) is 0 Å². The molecular weight excluding hydrogens is 445 g/mol. The summed E-state index contributed by atoms with van der Waals surface area (Å²) in [5.74, 6) is 5.51. The fraction of sp³-hybridized carbons (Fsp3) is 0.250. The zero-order chi connectivity index (χ0) is 23.5. The Kier molecular flexibility index (Phi) is 6.43. The Morgan fingerprint density at radius 1 is 1.15 bits per heavy atom. The lowest BCUT2D eigenvalue weighted by molar-refractivity contribution is -0.120. The molecule has 2 heterocycles. The van der Waals surface area contributed by atoms with Gasteiger partial charge in [0.05, 0.1) is 17.3 Å². The van der Waals surface area contributed by atoms with Gasteiger partial charge < -0.3 is 10.6 Å². The van der Waals surface area contributed by atoms with Crippen LogP contribution in [0, 0.1) is 24.6 Å². The van der Waals surface area contributed by atoms with Gasteiger partial charge in [0.2, 0.25) is 5.91 Å². The molecule has 168 valence electrons. The lowest BCUT2D eigenvalue weighted by Gasteiger charge is -2.36. The first kappa shape index (κ1) is 22.5. The molecule has 2 N–H and O–H groups in total. The normalized spacial score (nSPS) is 16.8. The van der Waals surface area contributed by atoms with Crippen molar-refractivity contribution in [1.29, 1.82) is 0 Å². The highest BCUT2D eigenvalue weighted by atomic mass is 35.5. The Morgan fingerprint density at radius 2 is 1.85 bits per heavy atom. The number of anilines is 1. The molecule has 0 aliphatic heterocycles. The van der Waals surface area contributed by atoms with Crippen LogP contribution in [0.3, 0.4) is 0 Å². The average molecular weight is 466 g/mol. The summed E-state index contributed by atoms with van der Waals surface area (Å²) in [6.45, 7) is 3.29. The quantitative estimate of drug-likeness (QED) is 0.572. The summed E-state index contributed by atoms with van der Waals surface area (Å²) in [5.41, 5.74) is 2.33. The maximum atomic E-state index is 13.0. The van der Waals surface area contributed by atoms with E-state index >= 15 is 0 Å². The molecule has 1 fully saturated rings. The van der Waals surface area contributed by atoms with Gasteiger partial charge in [-0.1, -0.05) is 23.4 Å². The molecule has 0 atom stereocenters. The lowest BCUT2D eigenvalue weighted by atomic mass is 9.86. The number of aromatic nitrogens is 3. The first-order chi connectivity index (χ1) is 15.8. The number of carbonyl (C=O) groups excluding carboxylic acids is 2. The molecule has 2 amide bonds. The molecule has 0 radical (unpaired) electrons. The molecule has 0 bridgehead atoms. The van der Waals surface area contributed by atoms with Gasteiger partial charge in [-0.25, -0.2) is 9.37 Å². The lowest BCUT2D eigenvalue weighted by Crippen LogP contribution is -2.45. The number of pyridine rings is 1. The molecule has 3 aromatic rings. The Bertz CT molecular complexity index is 1270. The molecule has 1 aliphatic carbocycles. The van der Waals surface area contributed by atoms with Crippen molar-refractivity contribution >= 4 is 29.2 Å². The molecule has 33 heavy (non-hydrogen) atoms. The number of nitrogens with zero attached hydrogens (tertiary/aromatic N) is 3. The summed E-state index contributed by atoms with van der Waals surface area (Å²) in [6.07, 6.45) is 4.35. The van der Waals surface area contributed by atoms with Crippen LogP contribution in [0.1, 0.15) is 53.0 Å². The fourth-order valence-electron chi connectivity index (χ4n) is 3.64. The van der Waals surface area contributed by atoms with Crippen molar-refractivity contribution in [3.63, 3.8) is 0 Å². The average Bonchev–Trinajstić information content (AvgIpc) is 3.12. The van der Waals surface area contributed by atoms with Gasteiger partial charge in [-0.2, -0.15) is 5.10 Å². The van der Waals surface area contributed by atoms with Gasteiger partial charge in [-0.3, -0.25) is 14.3 Å². The van der Waals surface area contributed by atoms with Crippen LogP contribution in [0.4, 0.5) is 10.2 Å². The van der Waals surface area contributed by atoms with Gasteiger partial charge in [0.15, 0.2) is 0 Å². The van der Waals surface area contributed by atoms with Gasteiger partial charge in [-0.05, 0) is 55.7 Å². The van der Waals surface area contributed by atoms with E-state index in [1.807, 2.05) is 13.0 Å². The second-order valence-electron chi connectivity index (χ2n) is 7.91. The Balaban J connectivity index is 1.46. The molecule has 1 aliphatic rings. The van der Waals surface area contributed by atoms with E-state index in [1.165, 1.54) is 25.3 Å². The third kappa shape index (κ3) is 5.21. The van der Waals surface area contributed by atoms with Crippen molar-refractivity contribution in [2.45, 2.75) is 38.8 Å². The molecule has 2 aromatic heterocycles. The Morgan fingerprint density at radius 3 is 2.52 bits per heavy atom. The van der Waals surface area contributed by atoms with Crippen LogP contribution in [-0.2, 0) is 4.79 Å².